The predicted octanol–water partition coefficient (Wildman–Crippen LogP) is 5.65. The molecule has 1 saturated carbocycles. The van der Waals surface area contributed by atoms with Crippen molar-refractivity contribution in [3.63, 3.8) is 0 Å². The highest BCUT2D eigenvalue weighted by molar-refractivity contribution is 5.98. The molecule has 3 aliphatic rings. The van der Waals surface area contributed by atoms with E-state index in [0.29, 0.717) is 29.5 Å². The molecule has 44 heavy (non-hydrogen) atoms. The molecule has 2 aliphatic heterocycles. The Bertz CT molecular complexity index is 1280. The highest BCUT2D eigenvalue weighted by atomic mass is 19.4. The van der Waals surface area contributed by atoms with E-state index in [9.17, 15) is 27.9 Å². The summed E-state index contributed by atoms with van der Waals surface area (Å²) in [6, 6.07) is 13.8. The Morgan fingerprint density at radius 1 is 1.00 bits per heavy atom. The lowest BCUT2D eigenvalue weighted by Gasteiger charge is -2.39. The minimum atomic E-state index is -5.03. The number of aliphatic hydroxyl groups is 1. The molecule has 2 N–H and O–H groups in total. The number of nitrogens with one attached hydrogen (secondary N) is 1. The first-order chi connectivity index (χ1) is 21.2. The van der Waals surface area contributed by atoms with Gasteiger partial charge in [0.25, 0.3) is 0 Å². The molecule has 0 radical (unpaired) electrons. The third-order valence-corrected chi connectivity index (χ3v) is 8.77. The quantitative estimate of drug-likeness (QED) is 0.336. The summed E-state index contributed by atoms with van der Waals surface area (Å²) in [5.41, 5.74) is 2.92. The van der Waals surface area contributed by atoms with Crippen LogP contribution in [-0.4, -0.2) is 70.7 Å². The number of ether oxygens (including phenoxy) is 2. The van der Waals surface area contributed by atoms with E-state index in [1.165, 1.54) is 12.8 Å². The number of carbonyl (C=O) groups excluding carboxylic acids is 2. The van der Waals surface area contributed by atoms with Crippen LogP contribution in [0.1, 0.15) is 74.0 Å². The number of carbonyl (C=O) groups is 2. The van der Waals surface area contributed by atoms with Crippen molar-refractivity contribution >= 4 is 17.5 Å². The van der Waals surface area contributed by atoms with Crippen LogP contribution in [0.25, 0.3) is 0 Å². The summed E-state index contributed by atoms with van der Waals surface area (Å²) >= 11 is 0. The summed E-state index contributed by atoms with van der Waals surface area (Å²) < 4.78 is 52.0. The minimum absolute atomic E-state index is 0.0433. The van der Waals surface area contributed by atoms with Crippen molar-refractivity contribution in [1.82, 2.24) is 9.80 Å². The lowest BCUT2D eigenvalue weighted by Crippen LogP contribution is -2.48. The van der Waals surface area contributed by atoms with Crippen LogP contribution in [0.2, 0.25) is 0 Å². The van der Waals surface area contributed by atoms with Gasteiger partial charge in [0.2, 0.25) is 5.91 Å². The van der Waals surface area contributed by atoms with Crippen LogP contribution in [0.15, 0.2) is 61.2 Å². The number of nitrogens with zero attached hydrogens (tertiary/aromatic N) is 2. The molecule has 1 aliphatic carbocycles. The van der Waals surface area contributed by atoms with Crippen molar-refractivity contribution in [3.8, 4) is 0 Å². The first kappa shape index (κ1) is 32.2. The summed E-state index contributed by atoms with van der Waals surface area (Å²) in [7, 11) is 0. The molecule has 0 unspecified atom stereocenters. The first-order valence-electron chi connectivity index (χ1n) is 15.3. The Kier molecular flexibility index (Phi) is 10.4. The lowest BCUT2D eigenvalue weighted by atomic mass is 9.99. The summed E-state index contributed by atoms with van der Waals surface area (Å²) in [5, 5.41) is 12.1. The second-order valence-electron chi connectivity index (χ2n) is 11.8. The Labute approximate surface area is 255 Å². The zero-order valence-corrected chi connectivity index (χ0v) is 24.7. The molecular weight excluding hydrogens is 575 g/mol. The van der Waals surface area contributed by atoms with Gasteiger partial charge in [0.05, 0.1) is 18.8 Å². The van der Waals surface area contributed by atoms with Gasteiger partial charge in [-0.05, 0) is 48.9 Å². The second-order valence-corrected chi connectivity index (χ2v) is 11.8. The molecule has 2 aromatic carbocycles. The van der Waals surface area contributed by atoms with Gasteiger partial charge < -0.3 is 24.8 Å². The van der Waals surface area contributed by atoms with Crippen LogP contribution in [-0.2, 0) is 25.7 Å². The normalized spacial score (nSPS) is 24.5. The van der Waals surface area contributed by atoms with Crippen LogP contribution in [0.4, 0.5) is 18.9 Å². The molecule has 0 bridgehead atoms. The van der Waals surface area contributed by atoms with Crippen molar-refractivity contribution in [2.75, 3.05) is 25.0 Å². The number of rotatable bonds is 10. The van der Waals surface area contributed by atoms with Gasteiger partial charge in [0, 0.05) is 43.3 Å². The zero-order valence-electron chi connectivity index (χ0n) is 24.7. The molecule has 0 aromatic heterocycles. The van der Waals surface area contributed by atoms with E-state index < -0.39 is 30.3 Å². The van der Waals surface area contributed by atoms with Crippen molar-refractivity contribution < 1.29 is 37.3 Å². The number of halogens is 3. The summed E-state index contributed by atoms with van der Waals surface area (Å²) in [5.74, 6) is -2.65. The number of benzene rings is 2. The Balaban J connectivity index is 1.30. The number of alkyl halides is 3. The summed E-state index contributed by atoms with van der Waals surface area (Å²) in [6.45, 7) is 5.30. The number of amides is 2. The smallest absolute Gasteiger partial charge is 0.392 e. The fraction of sp³-hybridized carbons (Fsp3) is 0.515. The third-order valence-electron chi connectivity index (χ3n) is 8.77. The Morgan fingerprint density at radius 3 is 2.32 bits per heavy atom. The van der Waals surface area contributed by atoms with E-state index in [4.69, 9.17) is 9.47 Å². The molecular formula is C33H40F3N3O5. The molecule has 5 rings (SSSR count). The van der Waals surface area contributed by atoms with E-state index in [2.05, 4.69) is 16.8 Å². The van der Waals surface area contributed by atoms with Crippen LogP contribution in [0.3, 0.4) is 0 Å². The minimum Gasteiger partial charge on any atom is -0.392 e. The highest BCUT2D eigenvalue weighted by Gasteiger charge is 2.47. The van der Waals surface area contributed by atoms with E-state index in [1.54, 1.807) is 24.3 Å². The van der Waals surface area contributed by atoms with E-state index in [1.807, 2.05) is 30.3 Å². The zero-order chi connectivity index (χ0) is 31.3. The van der Waals surface area contributed by atoms with Crippen LogP contribution < -0.4 is 5.32 Å². The third kappa shape index (κ3) is 7.69. The first-order valence-corrected chi connectivity index (χ1v) is 15.3. The monoisotopic (exact) mass is 615 g/mol. The molecule has 8 nitrogen and oxygen atoms in total. The van der Waals surface area contributed by atoms with Gasteiger partial charge in [-0.25, -0.2) is 0 Å². The number of anilines is 1. The second kappa shape index (κ2) is 14.2. The van der Waals surface area contributed by atoms with Crippen molar-refractivity contribution in [3.05, 3.63) is 77.9 Å². The van der Waals surface area contributed by atoms with Gasteiger partial charge in [-0.15, -0.1) is 6.58 Å². The fourth-order valence-corrected chi connectivity index (χ4v) is 6.50. The Hall–Kier alpha value is -3.25. The van der Waals surface area contributed by atoms with Gasteiger partial charge in [-0.2, -0.15) is 13.2 Å². The predicted molar refractivity (Wildman–Crippen MR) is 158 cm³/mol. The standard InChI is InChI=1S/C33H40F3N3O5/c1-2-17-38(26-6-3-4-7-26)20-27-19-29(23-11-9-22(21-40)10-12-23)44-31(43-27)24-13-15-25(16-14-24)37-30(41)28-8-5-18-39(28)32(42)33(34,35)36/h2,9-16,26-29,31,40H,1,3-8,17-21H2,(H,37,41)/t27-,28+,29+,31+/m1/s1. The van der Waals surface area contributed by atoms with Gasteiger partial charge in [0.15, 0.2) is 6.29 Å². The number of aliphatic hydroxyl groups excluding tert-OH is 1. The summed E-state index contributed by atoms with van der Waals surface area (Å²) in [6.07, 6.45) is 1.72. The molecule has 4 atom stereocenters. The maximum absolute atomic E-state index is 13.0. The molecule has 2 aromatic rings. The highest BCUT2D eigenvalue weighted by Crippen LogP contribution is 2.39. The average molecular weight is 616 g/mol. The molecule has 238 valence electrons. The lowest BCUT2D eigenvalue weighted by molar-refractivity contribution is -0.253. The number of likely N-dealkylation sites (tertiary alicyclic amines) is 1. The van der Waals surface area contributed by atoms with Crippen molar-refractivity contribution in [2.24, 2.45) is 0 Å². The SMILES string of the molecule is C=CCN(C[C@H]1C[C@@H](c2ccc(CO)cc2)O[C@@H](c2ccc(NC(=O)[C@@H]3CCCN3C(=O)C(F)(F)F)cc2)O1)C1CCCC1. The van der Waals surface area contributed by atoms with Crippen LogP contribution in [0, 0.1) is 0 Å². The average Bonchev–Trinajstić information content (AvgIpc) is 3.74. The van der Waals surface area contributed by atoms with E-state index >= 15 is 0 Å². The van der Waals surface area contributed by atoms with Gasteiger partial charge in [0.1, 0.15) is 6.04 Å². The van der Waals surface area contributed by atoms with Crippen LogP contribution in [0.5, 0.6) is 0 Å². The number of hydrogen-bond donors (Lipinski definition) is 2. The Morgan fingerprint density at radius 2 is 1.68 bits per heavy atom. The van der Waals surface area contributed by atoms with E-state index in [-0.39, 0.29) is 31.8 Å². The fourth-order valence-electron chi connectivity index (χ4n) is 6.50. The van der Waals surface area contributed by atoms with Crippen molar-refractivity contribution in [1.29, 1.82) is 0 Å². The van der Waals surface area contributed by atoms with Gasteiger partial charge >= 0.3 is 12.1 Å². The molecule has 2 heterocycles. The molecule has 11 heteroatoms. The van der Waals surface area contributed by atoms with E-state index in [0.717, 1.165) is 42.6 Å². The molecule has 3 fully saturated rings. The molecule has 0 spiro atoms. The molecule has 2 amide bonds. The largest absolute Gasteiger partial charge is 0.471 e. The maximum Gasteiger partial charge on any atom is 0.471 e. The van der Waals surface area contributed by atoms with Crippen LogP contribution >= 0.6 is 0 Å². The van der Waals surface area contributed by atoms with Gasteiger partial charge in [-0.1, -0.05) is 55.3 Å². The van der Waals surface area contributed by atoms with Gasteiger partial charge in [-0.3, -0.25) is 14.5 Å². The maximum atomic E-state index is 13.0. The number of hydrogen-bond acceptors (Lipinski definition) is 6. The topological polar surface area (TPSA) is 91.3 Å². The summed E-state index contributed by atoms with van der Waals surface area (Å²) in [4.78, 5) is 27.7. The van der Waals surface area contributed by atoms with Crippen molar-refractivity contribution in [2.45, 2.75) is 88.3 Å². The molecule has 2 saturated heterocycles.